The molecule has 0 heterocycles. The van der Waals surface area contributed by atoms with Crippen LogP contribution in [0.5, 0.6) is 0 Å². The molecule has 0 spiro atoms. The minimum Gasteiger partial charge on any atom is -0.481 e. The van der Waals surface area contributed by atoms with E-state index in [0.29, 0.717) is 32.4 Å². The number of carboxylic acid groups (broad SMARTS) is 2. The maximum atomic E-state index is 11.0. The van der Waals surface area contributed by atoms with Crippen molar-refractivity contribution in [2.75, 3.05) is 13.1 Å². The summed E-state index contributed by atoms with van der Waals surface area (Å²) in [4.78, 5) is 21.9. The first-order valence-corrected chi connectivity index (χ1v) is 7.42. The van der Waals surface area contributed by atoms with Crippen molar-refractivity contribution in [3.8, 4) is 0 Å². The zero-order valence-electron chi connectivity index (χ0n) is 12.3. The van der Waals surface area contributed by atoms with Gasteiger partial charge in [-0.2, -0.15) is 0 Å². The summed E-state index contributed by atoms with van der Waals surface area (Å²) in [5.74, 6) is -1.86. The lowest BCUT2D eigenvalue weighted by Crippen LogP contribution is -2.37. The first-order chi connectivity index (χ1) is 9.52. The van der Waals surface area contributed by atoms with Crippen molar-refractivity contribution in [2.45, 2.75) is 57.9 Å². The third kappa shape index (κ3) is 8.87. The van der Waals surface area contributed by atoms with Gasteiger partial charge in [0.15, 0.2) is 0 Å². The van der Waals surface area contributed by atoms with Crippen LogP contribution in [0.4, 0.5) is 0 Å². The van der Waals surface area contributed by atoms with Gasteiger partial charge in [0.2, 0.25) is 0 Å². The van der Waals surface area contributed by atoms with Gasteiger partial charge in [0, 0.05) is 0 Å². The van der Waals surface area contributed by atoms with Crippen LogP contribution in [0.2, 0.25) is 0 Å². The number of aliphatic carboxylic acids is 2. The Kier molecular flexibility index (Phi) is 11.0. The highest BCUT2D eigenvalue weighted by Gasteiger charge is 2.16. The molecule has 0 fully saturated rings. The van der Waals surface area contributed by atoms with Crippen molar-refractivity contribution in [3.05, 3.63) is 0 Å². The second-order valence-corrected chi connectivity index (χ2v) is 5.07. The molecule has 0 amide bonds. The summed E-state index contributed by atoms with van der Waals surface area (Å²) >= 11 is 0. The minimum atomic E-state index is -0.834. The summed E-state index contributed by atoms with van der Waals surface area (Å²) in [6.07, 6.45) is 5.11. The molecule has 0 aromatic carbocycles. The Morgan fingerprint density at radius 2 is 1.70 bits per heavy atom. The lowest BCUT2D eigenvalue weighted by molar-refractivity contribution is -0.142. The van der Waals surface area contributed by atoms with Gasteiger partial charge in [-0.3, -0.25) is 9.59 Å². The Labute approximate surface area is 120 Å². The summed E-state index contributed by atoms with van der Waals surface area (Å²) in [7, 11) is 0. The fourth-order valence-corrected chi connectivity index (χ4v) is 2.10. The van der Waals surface area contributed by atoms with Crippen molar-refractivity contribution in [2.24, 2.45) is 11.7 Å². The Morgan fingerprint density at radius 3 is 2.20 bits per heavy atom. The Balaban J connectivity index is 3.78. The van der Waals surface area contributed by atoms with E-state index >= 15 is 0 Å². The maximum absolute atomic E-state index is 11.0. The molecule has 118 valence electrons. The summed E-state index contributed by atoms with van der Waals surface area (Å²) in [5, 5.41) is 21.0. The lowest BCUT2D eigenvalue weighted by atomic mass is 9.99. The molecule has 0 aliphatic heterocycles. The Hall–Kier alpha value is -1.14. The van der Waals surface area contributed by atoms with Crippen molar-refractivity contribution in [3.63, 3.8) is 0 Å². The van der Waals surface area contributed by atoms with E-state index in [0.717, 1.165) is 25.7 Å². The predicted octanol–water partition coefficient (Wildman–Crippen LogP) is 1.44. The van der Waals surface area contributed by atoms with Crippen LogP contribution in [0.15, 0.2) is 0 Å². The number of hydrogen-bond donors (Lipinski definition) is 4. The van der Waals surface area contributed by atoms with E-state index in [1.54, 1.807) is 0 Å². The first-order valence-electron chi connectivity index (χ1n) is 7.42. The van der Waals surface area contributed by atoms with Gasteiger partial charge in [0.1, 0.15) is 6.04 Å². The van der Waals surface area contributed by atoms with Crippen molar-refractivity contribution >= 4 is 11.9 Å². The normalized spacial score (nSPS) is 13.9. The first kappa shape index (κ1) is 18.9. The van der Waals surface area contributed by atoms with Gasteiger partial charge in [0.25, 0.3) is 0 Å². The van der Waals surface area contributed by atoms with E-state index in [4.69, 9.17) is 15.9 Å². The van der Waals surface area contributed by atoms with E-state index in [-0.39, 0.29) is 5.92 Å². The van der Waals surface area contributed by atoms with E-state index in [9.17, 15) is 9.59 Å². The molecule has 0 aromatic rings. The second-order valence-electron chi connectivity index (χ2n) is 5.07. The molecular weight excluding hydrogens is 260 g/mol. The fourth-order valence-electron chi connectivity index (χ4n) is 2.10. The van der Waals surface area contributed by atoms with Gasteiger partial charge in [-0.05, 0) is 45.2 Å². The standard InChI is InChI=1S/C14H28N2O4/c1-2-11(13(17)18)7-4-6-10-16-12(14(19)20)8-3-5-9-15/h11-12,16H,2-10,15H2,1H3,(H,17,18)(H,19,20)/t11?,12-/m0/s1. The van der Waals surface area contributed by atoms with Crippen molar-refractivity contribution in [1.29, 1.82) is 0 Å². The van der Waals surface area contributed by atoms with Crippen molar-refractivity contribution < 1.29 is 19.8 Å². The van der Waals surface area contributed by atoms with Gasteiger partial charge in [-0.25, -0.2) is 0 Å². The molecule has 2 atom stereocenters. The summed E-state index contributed by atoms with van der Waals surface area (Å²) < 4.78 is 0. The zero-order valence-corrected chi connectivity index (χ0v) is 12.3. The number of unbranched alkanes of at least 4 members (excludes halogenated alkanes) is 2. The summed E-state index contributed by atoms with van der Waals surface area (Å²) in [6, 6.07) is -0.525. The number of rotatable bonds is 13. The summed E-state index contributed by atoms with van der Waals surface area (Å²) in [6.45, 7) is 3.06. The van der Waals surface area contributed by atoms with Crippen LogP contribution in [0.25, 0.3) is 0 Å². The average Bonchev–Trinajstić information content (AvgIpc) is 2.40. The highest BCUT2D eigenvalue weighted by molar-refractivity contribution is 5.73. The number of hydrogen-bond acceptors (Lipinski definition) is 4. The molecule has 0 aromatic heterocycles. The van der Waals surface area contributed by atoms with Crippen LogP contribution < -0.4 is 11.1 Å². The monoisotopic (exact) mass is 288 g/mol. The molecule has 0 radical (unpaired) electrons. The second kappa shape index (κ2) is 11.7. The molecule has 0 bridgehead atoms. The van der Waals surface area contributed by atoms with Gasteiger partial charge in [0.05, 0.1) is 5.92 Å². The molecule has 0 aliphatic rings. The van der Waals surface area contributed by atoms with Crippen LogP contribution in [-0.2, 0) is 9.59 Å². The van der Waals surface area contributed by atoms with Gasteiger partial charge in [-0.15, -0.1) is 0 Å². The highest BCUT2D eigenvalue weighted by Crippen LogP contribution is 2.12. The van der Waals surface area contributed by atoms with E-state index in [1.165, 1.54) is 0 Å². The van der Waals surface area contributed by atoms with Gasteiger partial charge >= 0.3 is 11.9 Å². The predicted molar refractivity (Wildman–Crippen MR) is 77.6 cm³/mol. The zero-order chi connectivity index (χ0) is 15.4. The molecule has 20 heavy (non-hydrogen) atoms. The molecule has 0 saturated carbocycles. The number of carbonyl (C=O) groups is 2. The van der Waals surface area contributed by atoms with E-state index in [1.807, 2.05) is 6.92 Å². The smallest absolute Gasteiger partial charge is 0.320 e. The van der Waals surface area contributed by atoms with Crippen LogP contribution in [0.1, 0.15) is 51.9 Å². The van der Waals surface area contributed by atoms with E-state index in [2.05, 4.69) is 5.32 Å². The molecular formula is C14H28N2O4. The Bertz CT molecular complexity index is 284. The SMILES string of the molecule is CCC(CCCCN[C@@H](CCCCN)C(=O)O)C(=O)O. The molecule has 5 N–H and O–H groups in total. The number of nitrogens with one attached hydrogen (secondary N) is 1. The fraction of sp³-hybridized carbons (Fsp3) is 0.857. The quantitative estimate of drug-likeness (QED) is 0.381. The third-order valence-corrected chi connectivity index (χ3v) is 3.46. The topological polar surface area (TPSA) is 113 Å². The molecule has 6 nitrogen and oxygen atoms in total. The third-order valence-electron chi connectivity index (χ3n) is 3.46. The largest absolute Gasteiger partial charge is 0.481 e. The Morgan fingerprint density at radius 1 is 1.05 bits per heavy atom. The van der Waals surface area contributed by atoms with Crippen LogP contribution in [0, 0.1) is 5.92 Å². The maximum Gasteiger partial charge on any atom is 0.320 e. The lowest BCUT2D eigenvalue weighted by Gasteiger charge is -2.14. The van der Waals surface area contributed by atoms with Crippen LogP contribution >= 0.6 is 0 Å². The summed E-state index contributed by atoms with van der Waals surface area (Å²) in [5.41, 5.74) is 5.38. The molecule has 1 unspecified atom stereocenters. The molecule has 6 heteroatoms. The highest BCUT2D eigenvalue weighted by atomic mass is 16.4. The number of nitrogens with two attached hydrogens (primary N) is 1. The molecule has 0 saturated heterocycles. The number of carboxylic acids is 2. The van der Waals surface area contributed by atoms with Crippen LogP contribution in [0.3, 0.4) is 0 Å². The minimum absolute atomic E-state index is 0.283. The molecule has 0 rings (SSSR count). The van der Waals surface area contributed by atoms with Crippen molar-refractivity contribution in [1.82, 2.24) is 5.32 Å². The van der Waals surface area contributed by atoms with Gasteiger partial charge in [-0.1, -0.05) is 19.8 Å². The van der Waals surface area contributed by atoms with E-state index < -0.39 is 18.0 Å². The van der Waals surface area contributed by atoms with Gasteiger partial charge < -0.3 is 21.3 Å². The average molecular weight is 288 g/mol. The van der Waals surface area contributed by atoms with Crippen LogP contribution in [-0.4, -0.2) is 41.3 Å². The molecule has 0 aliphatic carbocycles.